The fraction of sp³-hybridized carbons (Fsp3) is 0.294. The van der Waals surface area contributed by atoms with E-state index in [1.165, 1.54) is 18.2 Å². The van der Waals surface area contributed by atoms with E-state index in [9.17, 15) is 13.2 Å². The summed E-state index contributed by atoms with van der Waals surface area (Å²) in [6, 6.07) is 8.75. The van der Waals surface area contributed by atoms with E-state index in [-0.39, 0.29) is 11.7 Å². The lowest BCUT2D eigenvalue weighted by molar-refractivity contribution is 0.500. The highest BCUT2D eigenvalue weighted by atomic mass is 19.2. The summed E-state index contributed by atoms with van der Waals surface area (Å²) < 4.78 is 40.0. The first kappa shape index (κ1) is 13.2. The van der Waals surface area contributed by atoms with Crippen LogP contribution in [0.25, 0.3) is 0 Å². The molecule has 104 valence electrons. The second-order valence-corrected chi connectivity index (χ2v) is 5.48. The van der Waals surface area contributed by atoms with Crippen LogP contribution in [0.15, 0.2) is 36.4 Å². The summed E-state index contributed by atoms with van der Waals surface area (Å²) in [7, 11) is 0. The molecular formula is C17H15F3. The Kier molecular flexibility index (Phi) is 3.28. The van der Waals surface area contributed by atoms with Crippen molar-refractivity contribution in [2.75, 3.05) is 0 Å². The highest BCUT2D eigenvalue weighted by Crippen LogP contribution is 2.42. The average Bonchev–Trinajstić information content (AvgIpc) is 2.42. The van der Waals surface area contributed by atoms with Crippen LogP contribution in [0.5, 0.6) is 0 Å². The molecular weight excluding hydrogens is 261 g/mol. The molecule has 0 spiro atoms. The van der Waals surface area contributed by atoms with E-state index >= 15 is 0 Å². The van der Waals surface area contributed by atoms with E-state index in [1.807, 2.05) is 0 Å². The van der Waals surface area contributed by atoms with Crippen molar-refractivity contribution in [3.05, 3.63) is 70.5 Å². The van der Waals surface area contributed by atoms with Crippen molar-refractivity contribution < 1.29 is 13.2 Å². The molecule has 1 aliphatic carbocycles. The first-order chi connectivity index (χ1) is 9.56. The lowest BCUT2D eigenvalue weighted by Crippen LogP contribution is -2.14. The molecule has 1 aliphatic rings. The van der Waals surface area contributed by atoms with Crippen LogP contribution in [0, 0.1) is 17.5 Å². The lowest BCUT2D eigenvalue weighted by atomic mass is 9.74. The number of benzene rings is 2. The van der Waals surface area contributed by atoms with Crippen LogP contribution in [0.1, 0.15) is 48.3 Å². The SMILES string of the molecule is C[C@H]1CC[C@@H](c2ccc(F)c(F)c2)c2cc(F)ccc21. The van der Waals surface area contributed by atoms with Crippen molar-refractivity contribution in [2.24, 2.45) is 0 Å². The normalized spacial score (nSPS) is 21.6. The molecule has 0 N–H and O–H groups in total. The zero-order valence-corrected chi connectivity index (χ0v) is 11.2. The van der Waals surface area contributed by atoms with Gasteiger partial charge < -0.3 is 0 Å². The van der Waals surface area contributed by atoms with Gasteiger partial charge in [-0.05, 0) is 59.7 Å². The van der Waals surface area contributed by atoms with Gasteiger partial charge in [0.05, 0.1) is 0 Å². The number of hydrogen-bond donors (Lipinski definition) is 0. The molecule has 0 aliphatic heterocycles. The van der Waals surface area contributed by atoms with Crippen LogP contribution in [-0.4, -0.2) is 0 Å². The van der Waals surface area contributed by atoms with Crippen LogP contribution < -0.4 is 0 Å². The molecule has 0 unspecified atom stereocenters. The predicted molar refractivity (Wildman–Crippen MR) is 72.3 cm³/mol. The van der Waals surface area contributed by atoms with Crippen molar-refractivity contribution in [3.63, 3.8) is 0 Å². The summed E-state index contributed by atoms with van der Waals surface area (Å²) in [5.74, 6) is -1.68. The maximum Gasteiger partial charge on any atom is 0.159 e. The van der Waals surface area contributed by atoms with Crippen molar-refractivity contribution in [1.29, 1.82) is 0 Å². The van der Waals surface area contributed by atoms with Gasteiger partial charge >= 0.3 is 0 Å². The Bertz CT molecular complexity index is 649. The zero-order chi connectivity index (χ0) is 14.3. The van der Waals surface area contributed by atoms with E-state index in [1.54, 1.807) is 12.1 Å². The Balaban J connectivity index is 2.09. The highest BCUT2D eigenvalue weighted by molar-refractivity contribution is 5.42. The standard InChI is InChI=1S/C17H15F3/c1-10-2-5-14(11-3-7-16(19)17(20)8-11)15-9-12(18)4-6-13(10)15/h3-4,6-10,14H,2,5H2,1H3/t10-,14-/m0/s1. The van der Waals surface area contributed by atoms with Gasteiger partial charge in [-0.15, -0.1) is 0 Å². The fourth-order valence-electron chi connectivity index (χ4n) is 3.10. The topological polar surface area (TPSA) is 0 Å². The molecule has 0 heterocycles. The van der Waals surface area contributed by atoms with E-state index in [0.29, 0.717) is 11.5 Å². The molecule has 0 radical (unpaired) electrons. The molecule has 0 aromatic heterocycles. The van der Waals surface area contributed by atoms with Crippen molar-refractivity contribution in [3.8, 4) is 0 Å². The van der Waals surface area contributed by atoms with Gasteiger partial charge in [-0.2, -0.15) is 0 Å². The number of rotatable bonds is 1. The Morgan fingerprint density at radius 3 is 2.40 bits per heavy atom. The average molecular weight is 276 g/mol. The maximum atomic E-state index is 13.5. The van der Waals surface area contributed by atoms with E-state index in [2.05, 4.69) is 6.92 Å². The summed E-state index contributed by atoms with van der Waals surface area (Å²) in [4.78, 5) is 0. The Hall–Kier alpha value is -1.77. The van der Waals surface area contributed by atoms with Crippen molar-refractivity contribution in [1.82, 2.24) is 0 Å². The number of halogens is 3. The third-order valence-corrected chi connectivity index (χ3v) is 4.19. The van der Waals surface area contributed by atoms with Crippen LogP contribution in [0.4, 0.5) is 13.2 Å². The third-order valence-electron chi connectivity index (χ3n) is 4.19. The van der Waals surface area contributed by atoms with Crippen LogP contribution in [-0.2, 0) is 0 Å². The highest BCUT2D eigenvalue weighted by Gasteiger charge is 2.26. The quantitative estimate of drug-likeness (QED) is 0.677. The second-order valence-electron chi connectivity index (χ2n) is 5.48. The van der Waals surface area contributed by atoms with Gasteiger partial charge in [0.1, 0.15) is 5.82 Å². The number of fused-ring (bicyclic) bond motifs is 1. The molecule has 0 saturated heterocycles. The van der Waals surface area contributed by atoms with Gasteiger partial charge in [0.15, 0.2) is 11.6 Å². The zero-order valence-electron chi connectivity index (χ0n) is 11.2. The Morgan fingerprint density at radius 1 is 0.850 bits per heavy atom. The van der Waals surface area contributed by atoms with Crippen LogP contribution >= 0.6 is 0 Å². The van der Waals surface area contributed by atoms with Crippen LogP contribution in [0.3, 0.4) is 0 Å². The summed E-state index contributed by atoms with van der Waals surface area (Å²) >= 11 is 0. The first-order valence-electron chi connectivity index (χ1n) is 6.80. The monoisotopic (exact) mass is 276 g/mol. The second kappa shape index (κ2) is 4.97. The predicted octanol–water partition coefficient (Wildman–Crippen LogP) is 5.13. The van der Waals surface area contributed by atoms with Gasteiger partial charge in [-0.3, -0.25) is 0 Å². The molecule has 20 heavy (non-hydrogen) atoms. The molecule has 0 amide bonds. The summed E-state index contributed by atoms with van der Waals surface area (Å²) in [6.07, 6.45) is 1.78. The van der Waals surface area contributed by atoms with Crippen molar-refractivity contribution in [2.45, 2.75) is 31.6 Å². The first-order valence-corrected chi connectivity index (χ1v) is 6.80. The maximum absolute atomic E-state index is 13.5. The van der Waals surface area contributed by atoms with Gasteiger partial charge in [0.2, 0.25) is 0 Å². The molecule has 0 bridgehead atoms. The molecule has 3 rings (SSSR count). The van der Waals surface area contributed by atoms with Gasteiger partial charge in [0.25, 0.3) is 0 Å². The molecule has 3 heteroatoms. The molecule has 2 atom stereocenters. The summed E-state index contributed by atoms with van der Waals surface area (Å²) in [5, 5.41) is 0. The Morgan fingerprint density at radius 2 is 1.65 bits per heavy atom. The molecule has 0 nitrogen and oxygen atoms in total. The minimum Gasteiger partial charge on any atom is -0.207 e. The molecule has 2 aromatic rings. The minimum atomic E-state index is -0.850. The largest absolute Gasteiger partial charge is 0.207 e. The van der Waals surface area contributed by atoms with Gasteiger partial charge in [-0.25, -0.2) is 13.2 Å². The Labute approximate surface area is 116 Å². The van der Waals surface area contributed by atoms with E-state index in [4.69, 9.17) is 0 Å². The van der Waals surface area contributed by atoms with Gasteiger partial charge in [0, 0.05) is 5.92 Å². The van der Waals surface area contributed by atoms with Gasteiger partial charge in [-0.1, -0.05) is 19.1 Å². The van der Waals surface area contributed by atoms with E-state index in [0.717, 1.165) is 30.0 Å². The fourth-order valence-corrected chi connectivity index (χ4v) is 3.10. The smallest absolute Gasteiger partial charge is 0.159 e. The number of hydrogen-bond acceptors (Lipinski definition) is 0. The summed E-state index contributed by atoms with van der Waals surface area (Å²) in [5.41, 5.74) is 2.71. The van der Waals surface area contributed by atoms with E-state index < -0.39 is 11.6 Å². The minimum absolute atomic E-state index is 0.0630. The molecule has 2 aromatic carbocycles. The third kappa shape index (κ3) is 2.21. The molecule has 0 fully saturated rings. The van der Waals surface area contributed by atoms with Crippen LogP contribution in [0.2, 0.25) is 0 Å². The lowest BCUT2D eigenvalue weighted by Gasteiger charge is -2.30. The van der Waals surface area contributed by atoms with Crippen molar-refractivity contribution >= 4 is 0 Å². The molecule has 0 saturated carbocycles. The summed E-state index contributed by atoms with van der Waals surface area (Å²) in [6.45, 7) is 2.11.